The highest BCUT2D eigenvalue weighted by atomic mass is 32.2. The molecule has 1 saturated heterocycles. The third-order valence-corrected chi connectivity index (χ3v) is 7.69. The van der Waals surface area contributed by atoms with Gasteiger partial charge in [0.05, 0.1) is 15.8 Å². The number of carbonyl (C=O) groups excluding carboxylic acids is 1. The van der Waals surface area contributed by atoms with E-state index in [1.807, 2.05) is 12.3 Å². The van der Waals surface area contributed by atoms with Gasteiger partial charge >= 0.3 is 0 Å². The summed E-state index contributed by atoms with van der Waals surface area (Å²) in [6, 6.07) is 4.09. The minimum Gasteiger partial charge on any atom is -0.352 e. The molecule has 2 fully saturated rings. The number of piperazine rings is 1. The Hall–Kier alpha value is -2.06. The first-order valence-electron chi connectivity index (χ1n) is 9.11. The van der Waals surface area contributed by atoms with Crippen LogP contribution in [-0.2, 0) is 0 Å². The second-order valence-corrected chi connectivity index (χ2v) is 9.38. The molecule has 0 unspecified atom stereocenters. The monoisotopic (exact) mass is 399 g/mol. The number of H-pyrrole nitrogens is 1. The fourth-order valence-electron chi connectivity index (χ4n) is 4.06. The number of carbonyl (C=O) groups is 1. The number of thioether (sulfide) groups is 1. The lowest BCUT2D eigenvalue weighted by molar-refractivity contribution is 0.0629. The van der Waals surface area contributed by atoms with Crippen molar-refractivity contribution in [2.24, 2.45) is 0 Å². The van der Waals surface area contributed by atoms with E-state index < -0.39 is 0 Å². The molecular formula is C19H21N5OS2. The van der Waals surface area contributed by atoms with Crippen molar-refractivity contribution in [1.29, 1.82) is 0 Å². The van der Waals surface area contributed by atoms with Gasteiger partial charge in [0.15, 0.2) is 0 Å². The topological polar surface area (TPSA) is 65.1 Å². The fourth-order valence-corrected chi connectivity index (χ4v) is 5.90. The summed E-state index contributed by atoms with van der Waals surface area (Å²) in [5, 5.41) is 1.05. The number of anilines is 1. The first-order chi connectivity index (χ1) is 13.1. The van der Waals surface area contributed by atoms with Crippen LogP contribution in [0.1, 0.15) is 27.4 Å². The third kappa shape index (κ3) is 2.73. The van der Waals surface area contributed by atoms with Crippen LogP contribution in [0, 0.1) is 6.92 Å². The van der Waals surface area contributed by atoms with E-state index in [9.17, 15) is 4.79 Å². The lowest BCUT2D eigenvalue weighted by atomic mass is 10.1. The average molecular weight is 400 g/mol. The van der Waals surface area contributed by atoms with Crippen LogP contribution in [0.5, 0.6) is 0 Å². The predicted octanol–water partition coefficient (Wildman–Crippen LogP) is 3.54. The minimum absolute atomic E-state index is 0.0413. The number of amides is 1. The third-order valence-electron chi connectivity index (χ3n) is 5.66. The largest absolute Gasteiger partial charge is 0.352 e. The molecule has 3 aromatic rings. The van der Waals surface area contributed by atoms with Crippen LogP contribution in [0.3, 0.4) is 0 Å². The van der Waals surface area contributed by atoms with Crippen LogP contribution >= 0.6 is 23.1 Å². The zero-order valence-corrected chi connectivity index (χ0v) is 17.0. The Kier molecular flexibility index (Phi) is 3.94. The molecule has 4 heterocycles. The highest BCUT2D eigenvalue weighted by Gasteiger charge is 2.53. The molecule has 6 nitrogen and oxygen atoms in total. The zero-order valence-electron chi connectivity index (χ0n) is 15.4. The summed E-state index contributed by atoms with van der Waals surface area (Å²) in [7, 11) is 0. The summed E-state index contributed by atoms with van der Waals surface area (Å²) >= 11 is 3.33. The van der Waals surface area contributed by atoms with E-state index in [2.05, 4.69) is 44.0 Å². The van der Waals surface area contributed by atoms with E-state index >= 15 is 0 Å². The van der Waals surface area contributed by atoms with E-state index in [0.717, 1.165) is 54.2 Å². The Labute approximate surface area is 166 Å². The number of thiophene rings is 1. The number of aromatic amines is 1. The molecule has 0 atom stereocenters. The van der Waals surface area contributed by atoms with Crippen molar-refractivity contribution in [3.05, 3.63) is 34.4 Å². The van der Waals surface area contributed by atoms with Crippen molar-refractivity contribution in [1.82, 2.24) is 19.9 Å². The Morgan fingerprint density at radius 1 is 1.33 bits per heavy atom. The number of nitrogens with zero attached hydrogens (tertiary/aromatic N) is 4. The molecule has 1 N–H and O–H groups in total. The summed E-state index contributed by atoms with van der Waals surface area (Å²) in [5.41, 5.74) is 0.822. The molecule has 8 heteroatoms. The van der Waals surface area contributed by atoms with Gasteiger partial charge in [0.25, 0.3) is 5.91 Å². The van der Waals surface area contributed by atoms with Crippen LogP contribution in [0.15, 0.2) is 29.6 Å². The van der Waals surface area contributed by atoms with E-state index in [-0.39, 0.29) is 11.4 Å². The molecular weight excluding hydrogens is 378 g/mol. The standard InChI is InChI=1S/C19H21N5OS2/c1-12-14(26-2)9-15(27-12)18(25)24-8-7-23(10-19(24)4-5-19)17-13-3-6-20-16(13)21-11-22-17/h3,6,9,11H,4-5,7-8,10H2,1-2H3,(H,20,21,22). The highest BCUT2D eigenvalue weighted by molar-refractivity contribution is 7.98. The Morgan fingerprint density at radius 3 is 2.93 bits per heavy atom. The highest BCUT2D eigenvalue weighted by Crippen LogP contribution is 2.46. The molecule has 2 aliphatic rings. The first-order valence-corrected chi connectivity index (χ1v) is 11.1. The Balaban J connectivity index is 1.41. The Morgan fingerprint density at radius 2 is 2.19 bits per heavy atom. The van der Waals surface area contributed by atoms with Gasteiger partial charge in [-0.3, -0.25) is 4.79 Å². The van der Waals surface area contributed by atoms with E-state index in [1.54, 1.807) is 29.4 Å². The molecule has 1 saturated carbocycles. The van der Waals surface area contributed by atoms with E-state index in [0.29, 0.717) is 0 Å². The summed E-state index contributed by atoms with van der Waals surface area (Å²) < 4.78 is 0. The number of hydrogen-bond donors (Lipinski definition) is 1. The van der Waals surface area contributed by atoms with Crippen molar-refractivity contribution in [3.8, 4) is 0 Å². The van der Waals surface area contributed by atoms with Gasteiger partial charge < -0.3 is 14.8 Å². The number of aryl methyl sites for hydroxylation is 1. The molecule has 27 heavy (non-hydrogen) atoms. The van der Waals surface area contributed by atoms with Crippen LogP contribution in [-0.4, -0.2) is 57.2 Å². The summed E-state index contributed by atoms with van der Waals surface area (Å²) in [6.45, 7) is 4.47. The number of nitrogens with one attached hydrogen (secondary N) is 1. The maximum atomic E-state index is 13.2. The average Bonchev–Trinajstić information content (AvgIpc) is 3.11. The molecule has 1 aliphatic carbocycles. The molecule has 5 rings (SSSR count). The summed E-state index contributed by atoms with van der Waals surface area (Å²) in [6.07, 6.45) is 7.71. The van der Waals surface area contributed by atoms with Gasteiger partial charge in [-0.25, -0.2) is 9.97 Å². The maximum absolute atomic E-state index is 13.2. The molecule has 1 amide bonds. The van der Waals surface area contributed by atoms with Crippen molar-refractivity contribution in [2.75, 3.05) is 30.8 Å². The number of hydrogen-bond acceptors (Lipinski definition) is 6. The molecule has 0 aromatic carbocycles. The fraction of sp³-hybridized carbons (Fsp3) is 0.421. The quantitative estimate of drug-likeness (QED) is 0.683. The maximum Gasteiger partial charge on any atom is 0.264 e. The lowest BCUT2D eigenvalue weighted by Crippen LogP contribution is -2.57. The molecule has 3 aromatic heterocycles. The smallest absolute Gasteiger partial charge is 0.264 e. The van der Waals surface area contributed by atoms with Crippen molar-refractivity contribution in [3.63, 3.8) is 0 Å². The van der Waals surface area contributed by atoms with Crippen molar-refractivity contribution in [2.45, 2.75) is 30.2 Å². The van der Waals surface area contributed by atoms with Gasteiger partial charge in [0.2, 0.25) is 0 Å². The number of aromatic nitrogens is 3. The lowest BCUT2D eigenvalue weighted by Gasteiger charge is -2.42. The SMILES string of the molecule is CSc1cc(C(=O)N2CCN(c3ncnc4[nH]ccc34)CC23CC3)sc1C. The predicted molar refractivity (Wildman–Crippen MR) is 110 cm³/mol. The van der Waals surface area contributed by atoms with Crippen molar-refractivity contribution < 1.29 is 4.79 Å². The van der Waals surface area contributed by atoms with Crippen LogP contribution < -0.4 is 4.90 Å². The zero-order chi connectivity index (χ0) is 18.6. The van der Waals surface area contributed by atoms with E-state index in [4.69, 9.17) is 0 Å². The van der Waals surface area contributed by atoms with Gasteiger partial charge in [0, 0.05) is 35.6 Å². The minimum atomic E-state index is -0.0413. The molecule has 1 aliphatic heterocycles. The summed E-state index contributed by atoms with van der Waals surface area (Å²) in [4.78, 5) is 33.0. The molecule has 0 bridgehead atoms. The van der Waals surface area contributed by atoms with Crippen LogP contribution in [0.4, 0.5) is 5.82 Å². The van der Waals surface area contributed by atoms with Gasteiger partial charge in [-0.15, -0.1) is 23.1 Å². The van der Waals surface area contributed by atoms with Gasteiger partial charge in [-0.05, 0) is 38.2 Å². The number of fused-ring (bicyclic) bond motifs is 1. The van der Waals surface area contributed by atoms with Gasteiger partial charge in [-0.2, -0.15) is 0 Å². The number of rotatable bonds is 3. The summed E-state index contributed by atoms with van der Waals surface area (Å²) in [5.74, 6) is 1.16. The van der Waals surface area contributed by atoms with Gasteiger partial charge in [0.1, 0.15) is 17.8 Å². The van der Waals surface area contributed by atoms with E-state index in [1.165, 1.54) is 9.77 Å². The normalized spacial score (nSPS) is 18.4. The van der Waals surface area contributed by atoms with Crippen LogP contribution in [0.2, 0.25) is 0 Å². The van der Waals surface area contributed by atoms with Gasteiger partial charge in [-0.1, -0.05) is 0 Å². The molecule has 0 radical (unpaired) electrons. The van der Waals surface area contributed by atoms with Crippen LogP contribution in [0.25, 0.3) is 11.0 Å². The molecule has 140 valence electrons. The second-order valence-electron chi connectivity index (χ2n) is 7.28. The Bertz CT molecular complexity index is 1020. The van der Waals surface area contributed by atoms with Crippen molar-refractivity contribution >= 4 is 45.9 Å². The second kappa shape index (κ2) is 6.24. The first kappa shape index (κ1) is 17.1. The molecule has 1 spiro atoms.